The van der Waals surface area contributed by atoms with Crippen LogP contribution < -0.4 is 16.0 Å². The number of tetrazole rings is 1. The van der Waals surface area contributed by atoms with E-state index in [1.54, 1.807) is 14.1 Å². The van der Waals surface area contributed by atoms with Gasteiger partial charge in [0.2, 0.25) is 5.91 Å². The molecule has 250 valence electrons. The fourth-order valence-corrected chi connectivity index (χ4v) is 8.84. The van der Waals surface area contributed by atoms with Crippen molar-refractivity contribution < 1.29 is 14.4 Å². The highest BCUT2D eigenvalue weighted by molar-refractivity contribution is 5.95. The Morgan fingerprint density at radius 2 is 1.62 bits per heavy atom. The monoisotopic (exact) mass is 649 g/mol. The Morgan fingerprint density at radius 3 is 2.19 bits per heavy atom. The number of fused-ring (bicyclic) bond motifs is 3. The van der Waals surface area contributed by atoms with Crippen molar-refractivity contribution in [1.82, 2.24) is 41.5 Å². The molecule has 3 amide bonds. The van der Waals surface area contributed by atoms with Gasteiger partial charge in [0, 0.05) is 37.3 Å². The molecule has 2 saturated carbocycles. The number of carbonyl (C=O) groups is 3. The van der Waals surface area contributed by atoms with Crippen LogP contribution in [0.3, 0.4) is 0 Å². The molecule has 3 aliphatic carbocycles. The minimum Gasteiger partial charge on any atom is -0.355 e. The number of nitrogens with zero attached hydrogens (tertiary/aromatic N) is 5. The van der Waals surface area contributed by atoms with Crippen molar-refractivity contribution in [2.45, 2.75) is 87.7 Å². The molecule has 7 rings (SSSR count). The molecule has 1 saturated heterocycles. The summed E-state index contributed by atoms with van der Waals surface area (Å²) >= 11 is 0. The van der Waals surface area contributed by atoms with Crippen LogP contribution in [0.5, 0.6) is 0 Å². The van der Waals surface area contributed by atoms with Crippen molar-refractivity contribution in [3.63, 3.8) is 0 Å². The quantitative estimate of drug-likeness (QED) is 0.274. The van der Waals surface area contributed by atoms with Crippen LogP contribution in [0.2, 0.25) is 0 Å². The van der Waals surface area contributed by atoms with Gasteiger partial charge in [-0.15, -0.1) is 5.10 Å². The van der Waals surface area contributed by atoms with E-state index < -0.39 is 5.41 Å². The molecule has 48 heavy (non-hydrogen) atoms. The summed E-state index contributed by atoms with van der Waals surface area (Å²) in [5, 5.41) is 34.8. The summed E-state index contributed by atoms with van der Waals surface area (Å²) < 4.78 is 0. The average Bonchev–Trinajstić information content (AvgIpc) is 3.50. The first-order chi connectivity index (χ1) is 23.4. The number of benzene rings is 2. The van der Waals surface area contributed by atoms with Gasteiger partial charge < -0.3 is 20.9 Å². The summed E-state index contributed by atoms with van der Waals surface area (Å²) in [5.41, 5.74) is 4.28. The highest BCUT2D eigenvalue weighted by Gasteiger charge is 2.54. The summed E-state index contributed by atoms with van der Waals surface area (Å²) in [4.78, 5) is 41.2. The fraction of sp³-hybridized carbons (Fsp3) is 0.528. The number of hydrogen-bond acceptors (Lipinski definition) is 8. The molecule has 2 heterocycles. The van der Waals surface area contributed by atoms with Gasteiger partial charge in [-0.2, -0.15) is 5.26 Å². The number of H-pyrrole nitrogens is 1. The molecule has 3 aromatic rings. The summed E-state index contributed by atoms with van der Waals surface area (Å²) in [5.74, 6) is 0.992. The lowest BCUT2D eigenvalue weighted by Crippen LogP contribution is -2.50. The van der Waals surface area contributed by atoms with E-state index in [9.17, 15) is 19.6 Å². The molecule has 4 aliphatic rings. The van der Waals surface area contributed by atoms with Gasteiger partial charge in [0.15, 0.2) is 5.82 Å². The molecule has 0 spiro atoms. The van der Waals surface area contributed by atoms with Crippen LogP contribution in [0.25, 0.3) is 0 Å². The molecule has 1 unspecified atom stereocenters. The number of aryl methyl sites for hydroxylation is 2. The zero-order chi connectivity index (χ0) is 33.4. The molecule has 12 heteroatoms. The van der Waals surface area contributed by atoms with Gasteiger partial charge in [-0.05, 0) is 114 Å². The Hall–Kier alpha value is -4.63. The Labute approximate surface area is 280 Å². The maximum Gasteiger partial charge on any atom is 0.251 e. The third-order valence-corrected chi connectivity index (χ3v) is 11.3. The number of nitriles is 1. The van der Waals surface area contributed by atoms with Gasteiger partial charge in [0.05, 0.1) is 18.0 Å². The van der Waals surface area contributed by atoms with E-state index in [1.165, 1.54) is 6.42 Å². The van der Waals surface area contributed by atoms with Crippen molar-refractivity contribution in [3.05, 3.63) is 75.6 Å². The standard InChI is InChI=1S/C36H43N9O3/c1-38-33(47)24-10-12-28-22(14-24)8-9-23-15-25(34(48)39-2)11-13-29(23)36(28,35-41-43-44-42-35)18-30(21-6-4-3-5-7-21)40-20-32(46)45-27(19-37)16-26-17-31(26)45/h10-15,21,26-27,30-31,40H,3-9,16-18,20H2,1-2H3,(H,38,47)(H,39,48)(H,41,42,43,44)/t26-,27?,30-,31+/m1/s1. The van der Waals surface area contributed by atoms with E-state index in [4.69, 9.17) is 0 Å². The van der Waals surface area contributed by atoms with Crippen LogP contribution in [-0.4, -0.2) is 82.0 Å². The smallest absolute Gasteiger partial charge is 0.251 e. The number of aromatic nitrogens is 4. The van der Waals surface area contributed by atoms with Crippen molar-refractivity contribution in [2.75, 3.05) is 20.6 Å². The molecule has 0 radical (unpaired) electrons. The van der Waals surface area contributed by atoms with Crippen LogP contribution in [-0.2, 0) is 23.1 Å². The second-order valence-corrected chi connectivity index (χ2v) is 13.9. The minimum atomic E-state index is -0.879. The first-order valence-corrected chi connectivity index (χ1v) is 17.3. The van der Waals surface area contributed by atoms with E-state index >= 15 is 0 Å². The molecule has 0 bridgehead atoms. The molecule has 1 aliphatic heterocycles. The highest BCUT2D eigenvalue weighted by Crippen LogP contribution is 2.49. The van der Waals surface area contributed by atoms with Crippen molar-refractivity contribution >= 4 is 17.7 Å². The Bertz CT molecular complexity index is 1680. The normalized spacial score (nSPS) is 23.1. The predicted octanol–water partition coefficient (Wildman–Crippen LogP) is 2.79. The van der Waals surface area contributed by atoms with Crippen molar-refractivity contribution in [2.24, 2.45) is 11.8 Å². The van der Waals surface area contributed by atoms with E-state index in [0.717, 1.165) is 60.8 Å². The third kappa shape index (κ3) is 5.64. The van der Waals surface area contributed by atoms with Crippen LogP contribution >= 0.6 is 0 Å². The summed E-state index contributed by atoms with van der Waals surface area (Å²) in [6.45, 7) is 0.151. The molecule has 2 aromatic carbocycles. The van der Waals surface area contributed by atoms with Crippen LogP contribution in [0.15, 0.2) is 36.4 Å². The molecule has 12 nitrogen and oxygen atoms in total. The lowest BCUT2D eigenvalue weighted by Gasteiger charge is -2.41. The number of amides is 3. The van der Waals surface area contributed by atoms with Gasteiger partial charge in [-0.25, -0.2) is 5.10 Å². The first-order valence-electron chi connectivity index (χ1n) is 17.3. The lowest BCUT2D eigenvalue weighted by molar-refractivity contribution is -0.131. The second-order valence-electron chi connectivity index (χ2n) is 13.9. The number of rotatable bonds is 9. The minimum absolute atomic E-state index is 0.0187. The average molecular weight is 650 g/mol. The van der Waals surface area contributed by atoms with E-state index in [2.05, 4.69) is 42.6 Å². The van der Waals surface area contributed by atoms with Crippen LogP contribution in [0.4, 0.5) is 0 Å². The Morgan fingerprint density at radius 1 is 0.979 bits per heavy atom. The topological polar surface area (TPSA) is 169 Å². The van der Waals surface area contributed by atoms with Gasteiger partial charge >= 0.3 is 0 Å². The molecular formula is C36H43N9O3. The number of piperidine rings is 1. The summed E-state index contributed by atoms with van der Waals surface area (Å²) in [6, 6.07) is 13.8. The van der Waals surface area contributed by atoms with Gasteiger partial charge in [0.1, 0.15) is 6.04 Å². The number of nitrogens with one attached hydrogen (secondary N) is 4. The van der Waals surface area contributed by atoms with Gasteiger partial charge in [0.25, 0.3) is 11.8 Å². The first kappa shape index (κ1) is 31.9. The molecule has 3 fully saturated rings. The lowest BCUT2D eigenvalue weighted by atomic mass is 9.65. The predicted molar refractivity (Wildman–Crippen MR) is 177 cm³/mol. The zero-order valence-corrected chi connectivity index (χ0v) is 27.6. The van der Waals surface area contributed by atoms with Gasteiger partial charge in [-0.3, -0.25) is 14.4 Å². The largest absolute Gasteiger partial charge is 0.355 e. The Balaban J connectivity index is 1.35. The van der Waals surface area contributed by atoms with E-state index in [1.807, 2.05) is 41.3 Å². The van der Waals surface area contributed by atoms with Crippen molar-refractivity contribution in [1.29, 1.82) is 5.26 Å². The molecular weight excluding hydrogens is 606 g/mol. The summed E-state index contributed by atoms with van der Waals surface area (Å²) in [6.07, 6.45) is 9.13. The summed E-state index contributed by atoms with van der Waals surface area (Å²) in [7, 11) is 3.25. The third-order valence-electron chi connectivity index (χ3n) is 11.3. The maximum atomic E-state index is 13.7. The van der Waals surface area contributed by atoms with Crippen LogP contribution in [0, 0.1) is 23.2 Å². The van der Waals surface area contributed by atoms with E-state index in [-0.39, 0.29) is 42.4 Å². The number of aromatic amines is 1. The maximum absolute atomic E-state index is 13.7. The van der Waals surface area contributed by atoms with Crippen molar-refractivity contribution in [3.8, 4) is 6.07 Å². The Kier molecular flexibility index (Phi) is 8.73. The fourth-order valence-electron chi connectivity index (χ4n) is 8.84. The molecule has 4 atom stereocenters. The van der Waals surface area contributed by atoms with Crippen LogP contribution in [0.1, 0.15) is 100 Å². The SMILES string of the molecule is CNC(=O)c1ccc2c(c1)CCc1cc(C(=O)NC)ccc1C2(C[C@@H](NCC(=O)N1C(C#N)C[C@@H]2C[C@@H]21)C1CCCCC1)c1nnn[nH]1. The number of carbonyl (C=O) groups excluding carboxylic acids is 3. The van der Waals surface area contributed by atoms with Gasteiger partial charge in [-0.1, -0.05) is 31.4 Å². The highest BCUT2D eigenvalue weighted by atomic mass is 16.2. The number of hydrogen-bond donors (Lipinski definition) is 4. The van der Waals surface area contributed by atoms with E-state index in [0.29, 0.717) is 48.0 Å². The molecule has 4 N–H and O–H groups in total. The zero-order valence-electron chi connectivity index (χ0n) is 27.6. The molecule has 1 aromatic heterocycles. The number of likely N-dealkylation sites (tertiary alicyclic amines) is 1. The second kappa shape index (κ2) is 13.1.